The maximum Gasteiger partial charge on any atom is 0.472 e. The summed E-state index contributed by atoms with van der Waals surface area (Å²) in [6, 6.07) is 6.00. The first kappa shape index (κ1) is 39.5. The van der Waals surface area contributed by atoms with Crippen LogP contribution in [-0.4, -0.2) is 71.4 Å². The fourth-order valence-electron chi connectivity index (χ4n) is 3.97. The Morgan fingerprint density at radius 3 is 2.18 bits per heavy atom. The maximum atomic E-state index is 12.3. The standard InChI is InChI=1S/C31H53N2O10P/c1-5-6-7-8-9-10-11-12-13-19-41-26-16-14-15-24(20-26)17-18-28(35)32-21-25(34)22-42-44(39,40)43-23-27(29(36)37)33-30(38)31(2,3)4/h14-16,20,25,27,34H,5-13,17-19,21-23H2,1-4H3,(H,32,35)(H,33,38)(H,36,37)(H,39,40)/t25-,27+/m1/s1. The zero-order chi connectivity index (χ0) is 33.0. The lowest BCUT2D eigenvalue weighted by atomic mass is 9.95. The molecule has 3 atom stereocenters. The van der Waals surface area contributed by atoms with E-state index in [1.807, 2.05) is 24.3 Å². The lowest BCUT2D eigenvalue weighted by molar-refractivity contribution is -0.144. The summed E-state index contributed by atoms with van der Waals surface area (Å²) in [6.45, 7) is 5.89. The number of aliphatic carboxylic acids is 1. The van der Waals surface area contributed by atoms with E-state index in [0.717, 1.165) is 24.2 Å². The topological polar surface area (TPSA) is 181 Å². The van der Waals surface area contributed by atoms with Gasteiger partial charge in [0.25, 0.3) is 0 Å². The van der Waals surface area contributed by atoms with Gasteiger partial charge in [-0.1, -0.05) is 91.2 Å². The number of carboxylic acid groups (broad SMARTS) is 1. The van der Waals surface area contributed by atoms with Crippen molar-refractivity contribution in [3.8, 4) is 5.75 Å². The van der Waals surface area contributed by atoms with Crippen molar-refractivity contribution in [1.82, 2.24) is 10.6 Å². The van der Waals surface area contributed by atoms with Gasteiger partial charge in [-0.25, -0.2) is 9.36 Å². The van der Waals surface area contributed by atoms with Crippen LogP contribution in [0, 0.1) is 5.41 Å². The van der Waals surface area contributed by atoms with Gasteiger partial charge in [-0.3, -0.25) is 18.6 Å². The quantitative estimate of drug-likeness (QED) is 0.0778. The molecule has 0 saturated heterocycles. The number of hydrogen-bond acceptors (Lipinski definition) is 8. The van der Waals surface area contributed by atoms with E-state index < -0.39 is 50.5 Å². The summed E-state index contributed by atoms with van der Waals surface area (Å²) < 4.78 is 27.4. The van der Waals surface area contributed by atoms with E-state index in [2.05, 4.69) is 22.1 Å². The molecule has 1 aromatic rings. The number of ether oxygens (including phenoxy) is 1. The second-order valence-electron chi connectivity index (χ2n) is 12.0. The molecule has 5 N–H and O–H groups in total. The van der Waals surface area contributed by atoms with E-state index in [4.69, 9.17) is 9.26 Å². The van der Waals surface area contributed by atoms with Gasteiger partial charge in [0, 0.05) is 18.4 Å². The van der Waals surface area contributed by atoms with Crippen molar-refractivity contribution in [3.63, 3.8) is 0 Å². The SMILES string of the molecule is CCCCCCCCCCCOc1cccc(CCC(=O)NC[C@@H](O)COP(=O)(O)OC[C@H](NC(=O)C(C)(C)C)C(=O)O)c1. The van der Waals surface area contributed by atoms with E-state index in [1.165, 1.54) is 44.9 Å². The van der Waals surface area contributed by atoms with Crippen molar-refractivity contribution < 1.29 is 47.8 Å². The number of carbonyl (C=O) groups excluding carboxylic acids is 2. The molecule has 0 bridgehead atoms. The molecule has 0 saturated carbocycles. The summed E-state index contributed by atoms with van der Waals surface area (Å²) in [5.41, 5.74) is 0.0528. The molecule has 252 valence electrons. The largest absolute Gasteiger partial charge is 0.494 e. The molecule has 12 nitrogen and oxygen atoms in total. The number of phosphoric acid groups is 1. The van der Waals surface area contributed by atoms with Crippen LogP contribution in [-0.2, 0) is 34.4 Å². The Morgan fingerprint density at radius 2 is 1.57 bits per heavy atom. The second kappa shape index (κ2) is 21.3. The summed E-state index contributed by atoms with van der Waals surface area (Å²) in [4.78, 5) is 45.5. The highest BCUT2D eigenvalue weighted by Crippen LogP contribution is 2.43. The van der Waals surface area contributed by atoms with E-state index in [9.17, 15) is 34.1 Å². The normalized spacial score (nSPS) is 14.3. The molecule has 0 heterocycles. The second-order valence-corrected chi connectivity index (χ2v) is 13.4. The molecule has 0 aliphatic heterocycles. The van der Waals surface area contributed by atoms with E-state index in [-0.39, 0.29) is 18.9 Å². The first-order chi connectivity index (χ1) is 20.7. The van der Waals surface area contributed by atoms with Crippen molar-refractivity contribution in [2.24, 2.45) is 5.41 Å². The third kappa shape index (κ3) is 19.0. The number of unbranched alkanes of at least 4 members (excludes halogenated alkanes) is 8. The van der Waals surface area contributed by atoms with Crippen LogP contribution in [0.2, 0.25) is 0 Å². The average molecular weight is 645 g/mol. The lowest BCUT2D eigenvalue weighted by Crippen LogP contribution is -2.48. The van der Waals surface area contributed by atoms with Gasteiger partial charge in [-0.2, -0.15) is 0 Å². The number of carbonyl (C=O) groups is 3. The monoisotopic (exact) mass is 644 g/mol. The van der Waals surface area contributed by atoms with Gasteiger partial charge in [-0.05, 0) is 30.5 Å². The summed E-state index contributed by atoms with van der Waals surface area (Å²) in [7, 11) is -4.75. The molecule has 1 unspecified atom stereocenters. The third-order valence-electron chi connectivity index (χ3n) is 6.71. The predicted molar refractivity (Wildman–Crippen MR) is 167 cm³/mol. The molecule has 13 heteroatoms. The number of amides is 2. The smallest absolute Gasteiger partial charge is 0.472 e. The Kier molecular flexibility index (Phi) is 19.1. The van der Waals surface area contributed by atoms with E-state index in [1.54, 1.807) is 20.8 Å². The Hall–Kier alpha value is -2.50. The number of aliphatic hydroxyl groups excluding tert-OH is 1. The first-order valence-corrected chi connectivity index (χ1v) is 17.0. The maximum absolute atomic E-state index is 12.3. The molecule has 2 amide bonds. The zero-order valence-corrected chi connectivity index (χ0v) is 27.6. The van der Waals surface area contributed by atoms with Crippen LogP contribution in [0.4, 0.5) is 0 Å². The van der Waals surface area contributed by atoms with Crippen LogP contribution >= 0.6 is 7.82 Å². The van der Waals surface area contributed by atoms with Crippen LogP contribution < -0.4 is 15.4 Å². The van der Waals surface area contributed by atoms with Crippen molar-refractivity contribution in [3.05, 3.63) is 29.8 Å². The van der Waals surface area contributed by atoms with Crippen LogP contribution in [0.15, 0.2) is 24.3 Å². The van der Waals surface area contributed by atoms with Crippen molar-refractivity contribution in [2.45, 2.75) is 110 Å². The average Bonchev–Trinajstić information content (AvgIpc) is 2.96. The summed E-state index contributed by atoms with van der Waals surface area (Å²) in [5, 5.41) is 24.1. The molecule has 1 aromatic carbocycles. The Labute approximate surface area is 261 Å². The number of aryl methyl sites for hydroxylation is 1. The molecular formula is C31H53N2O10P. The molecule has 0 fully saturated rings. The molecule has 0 spiro atoms. The number of rotatable bonds is 24. The van der Waals surface area contributed by atoms with Crippen molar-refractivity contribution >= 4 is 25.6 Å². The van der Waals surface area contributed by atoms with Gasteiger partial charge in [0.1, 0.15) is 5.75 Å². The highest BCUT2D eigenvalue weighted by molar-refractivity contribution is 7.47. The van der Waals surface area contributed by atoms with Crippen LogP contribution in [0.5, 0.6) is 5.75 Å². The van der Waals surface area contributed by atoms with E-state index >= 15 is 0 Å². The highest BCUT2D eigenvalue weighted by Gasteiger charge is 2.31. The number of phosphoric ester groups is 1. The van der Waals surface area contributed by atoms with Crippen molar-refractivity contribution in [1.29, 1.82) is 0 Å². The van der Waals surface area contributed by atoms with Crippen molar-refractivity contribution in [2.75, 3.05) is 26.4 Å². The van der Waals surface area contributed by atoms with Gasteiger partial charge in [0.2, 0.25) is 11.8 Å². The minimum atomic E-state index is -4.75. The third-order valence-corrected chi connectivity index (χ3v) is 7.66. The summed E-state index contributed by atoms with van der Waals surface area (Å²) in [6.07, 6.45) is 10.5. The zero-order valence-electron chi connectivity index (χ0n) is 26.7. The molecule has 0 radical (unpaired) electrons. The van der Waals surface area contributed by atoms with Gasteiger partial charge in [0.15, 0.2) is 6.04 Å². The molecule has 1 rings (SSSR count). The minimum Gasteiger partial charge on any atom is -0.494 e. The highest BCUT2D eigenvalue weighted by atomic mass is 31.2. The van der Waals surface area contributed by atoms with Gasteiger partial charge < -0.3 is 30.5 Å². The molecule has 0 aromatic heterocycles. The molecule has 0 aliphatic rings. The molecule has 0 aliphatic carbocycles. The predicted octanol–water partition coefficient (Wildman–Crippen LogP) is 4.76. The Balaban J connectivity index is 2.29. The Bertz CT molecular complexity index is 1050. The molecule has 44 heavy (non-hydrogen) atoms. The summed E-state index contributed by atoms with van der Waals surface area (Å²) >= 11 is 0. The van der Waals surface area contributed by atoms with Crippen LogP contribution in [0.3, 0.4) is 0 Å². The van der Waals surface area contributed by atoms with Gasteiger partial charge >= 0.3 is 13.8 Å². The fraction of sp³-hybridized carbons (Fsp3) is 0.710. The number of carboxylic acids is 1. The minimum absolute atomic E-state index is 0.160. The van der Waals surface area contributed by atoms with Gasteiger partial charge in [0.05, 0.1) is 25.9 Å². The summed E-state index contributed by atoms with van der Waals surface area (Å²) in [5.74, 6) is -1.61. The number of aliphatic hydroxyl groups is 1. The van der Waals surface area contributed by atoms with Crippen LogP contribution in [0.1, 0.15) is 97.5 Å². The number of nitrogens with one attached hydrogen (secondary N) is 2. The van der Waals surface area contributed by atoms with Gasteiger partial charge in [-0.15, -0.1) is 0 Å². The van der Waals surface area contributed by atoms with E-state index in [0.29, 0.717) is 13.0 Å². The fourth-order valence-corrected chi connectivity index (χ4v) is 4.74. The number of hydrogen-bond donors (Lipinski definition) is 5. The van der Waals surface area contributed by atoms with Crippen LogP contribution in [0.25, 0.3) is 0 Å². The number of benzene rings is 1. The molecular weight excluding hydrogens is 591 g/mol. The lowest BCUT2D eigenvalue weighted by Gasteiger charge is -2.22. The Morgan fingerprint density at radius 1 is 0.955 bits per heavy atom. The first-order valence-electron chi connectivity index (χ1n) is 15.6.